The van der Waals surface area contributed by atoms with Crippen molar-refractivity contribution in [3.05, 3.63) is 58.6 Å². The predicted molar refractivity (Wildman–Crippen MR) is 86.6 cm³/mol. The highest BCUT2D eigenvalue weighted by molar-refractivity contribution is 9.10. The van der Waals surface area contributed by atoms with Crippen molar-refractivity contribution in [3.8, 4) is 5.75 Å². The zero-order chi connectivity index (χ0) is 15.9. The molecule has 0 unspecified atom stereocenters. The largest absolute Gasteiger partial charge is 0.507 e. The number of hydrogen-bond acceptors (Lipinski definition) is 4. The van der Waals surface area contributed by atoms with Crippen LogP contribution in [0.25, 0.3) is 0 Å². The van der Waals surface area contributed by atoms with Gasteiger partial charge in [-0.2, -0.15) is 5.10 Å². The van der Waals surface area contributed by atoms with Gasteiger partial charge < -0.3 is 10.4 Å². The van der Waals surface area contributed by atoms with E-state index in [-0.39, 0.29) is 5.75 Å². The molecule has 0 bridgehead atoms. The van der Waals surface area contributed by atoms with Gasteiger partial charge in [-0.1, -0.05) is 28.1 Å². The monoisotopic (exact) mass is 361 g/mol. The number of carbonyl (C=O) groups excluding carboxylic acids is 2. The van der Waals surface area contributed by atoms with E-state index in [0.29, 0.717) is 11.3 Å². The quantitative estimate of drug-likeness (QED) is 0.444. The topological polar surface area (TPSA) is 90.8 Å². The normalized spacial score (nSPS) is 10.4. The molecule has 0 atom stereocenters. The second-order valence-corrected chi connectivity index (χ2v) is 5.13. The maximum absolute atomic E-state index is 11.6. The summed E-state index contributed by atoms with van der Waals surface area (Å²) in [5.41, 5.74) is 3.01. The van der Waals surface area contributed by atoms with Crippen molar-refractivity contribution in [2.24, 2.45) is 5.10 Å². The molecule has 0 aromatic heterocycles. The van der Waals surface area contributed by atoms with Crippen molar-refractivity contribution in [3.63, 3.8) is 0 Å². The Morgan fingerprint density at radius 2 is 1.73 bits per heavy atom. The van der Waals surface area contributed by atoms with Gasteiger partial charge >= 0.3 is 11.8 Å². The number of nitrogens with one attached hydrogen (secondary N) is 2. The lowest BCUT2D eigenvalue weighted by molar-refractivity contribution is -0.136. The van der Waals surface area contributed by atoms with Gasteiger partial charge in [0.2, 0.25) is 0 Å². The van der Waals surface area contributed by atoms with Crippen molar-refractivity contribution in [1.29, 1.82) is 0 Å². The second-order valence-electron chi connectivity index (χ2n) is 4.22. The van der Waals surface area contributed by atoms with Crippen LogP contribution in [0.3, 0.4) is 0 Å². The fraction of sp³-hybridized carbons (Fsp3) is 0. The van der Waals surface area contributed by atoms with Crippen molar-refractivity contribution < 1.29 is 14.7 Å². The van der Waals surface area contributed by atoms with Gasteiger partial charge in [0, 0.05) is 15.7 Å². The van der Waals surface area contributed by atoms with E-state index in [2.05, 4.69) is 31.8 Å². The number of nitrogens with zero attached hydrogens (tertiary/aromatic N) is 1. The average molecular weight is 362 g/mol. The third-order valence-corrected chi connectivity index (χ3v) is 3.14. The maximum atomic E-state index is 11.6. The van der Waals surface area contributed by atoms with E-state index >= 15 is 0 Å². The Balaban J connectivity index is 1.90. The van der Waals surface area contributed by atoms with E-state index in [4.69, 9.17) is 0 Å². The number of rotatable bonds is 3. The number of benzene rings is 2. The minimum Gasteiger partial charge on any atom is -0.507 e. The Morgan fingerprint density at radius 3 is 2.41 bits per heavy atom. The lowest BCUT2D eigenvalue weighted by Crippen LogP contribution is -2.32. The molecule has 2 aromatic rings. The predicted octanol–water partition coefficient (Wildman–Crippen LogP) is 2.24. The molecule has 7 heteroatoms. The summed E-state index contributed by atoms with van der Waals surface area (Å²) in [5.74, 6) is -1.72. The minimum atomic E-state index is -0.908. The summed E-state index contributed by atoms with van der Waals surface area (Å²) < 4.78 is 0.863. The van der Waals surface area contributed by atoms with Gasteiger partial charge in [0.25, 0.3) is 0 Å². The van der Waals surface area contributed by atoms with Crippen LogP contribution >= 0.6 is 15.9 Å². The lowest BCUT2D eigenvalue weighted by atomic mass is 10.2. The number of hydrogen-bond donors (Lipinski definition) is 3. The summed E-state index contributed by atoms with van der Waals surface area (Å²) in [5, 5.41) is 15.6. The van der Waals surface area contributed by atoms with Crippen molar-refractivity contribution in [2.75, 3.05) is 5.32 Å². The molecule has 112 valence electrons. The molecule has 0 fully saturated rings. The number of hydrazone groups is 1. The van der Waals surface area contributed by atoms with Gasteiger partial charge in [-0.05, 0) is 36.4 Å². The first-order valence-corrected chi connectivity index (χ1v) is 7.03. The number of para-hydroxylation sites is 1. The summed E-state index contributed by atoms with van der Waals surface area (Å²) >= 11 is 3.27. The zero-order valence-corrected chi connectivity index (χ0v) is 12.9. The fourth-order valence-electron chi connectivity index (χ4n) is 1.53. The molecule has 0 heterocycles. The first kappa shape index (κ1) is 15.7. The molecule has 22 heavy (non-hydrogen) atoms. The summed E-state index contributed by atoms with van der Waals surface area (Å²) in [7, 11) is 0. The molecule has 3 N–H and O–H groups in total. The highest BCUT2D eigenvalue weighted by Gasteiger charge is 2.12. The number of anilines is 1. The summed E-state index contributed by atoms with van der Waals surface area (Å²) in [6, 6.07) is 13.3. The standard InChI is InChI=1S/C15H12BrN3O3/c16-11-5-7-12(8-6-11)18-14(21)15(22)19-17-9-10-3-1-2-4-13(10)20/h1-9,20H,(H,18,21)(H,19,22). The van der Waals surface area contributed by atoms with E-state index in [1.807, 2.05) is 0 Å². The van der Waals surface area contributed by atoms with Crippen LogP contribution < -0.4 is 10.7 Å². The van der Waals surface area contributed by atoms with E-state index in [0.717, 1.165) is 4.47 Å². The number of amides is 2. The molecule has 0 spiro atoms. The SMILES string of the molecule is O=C(NN=Cc1ccccc1O)C(=O)Nc1ccc(Br)cc1. The second kappa shape index (κ2) is 7.37. The first-order valence-electron chi connectivity index (χ1n) is 6.24. The number of phenols is 1. The van der Waals surface area contributed by atoms with E-state index in [9.17, 15) is 14.7 Å². The van der Waals surface area contributed by atoms with Gasteiger partial charge in [-0.15, -0.1) is 0 Å². The Labute approximate surface area is 135 Å². The van der Waals surface area contributed by atoms with Gasteiger partial charge in [0.15, 0.2) is 0 Å². The van der Waals surface area contributed by atoms with Crippen LogP contribution in [0.15, 0.2) is 58.1 Å². The Hall–Kier alpha value is -2.67. The van der Waals surface area contributed by atoms with Gasteiger partial charge in [-0.25, -0.2) is 5.43 Å². The Bertz CT molecular complexity index is 714. The van der Waals surface area contributed by atoms with Crippen LogP contribution in [0.1, 0.15) is 5.56 Å². The maximum Gasteiger partial charge on any atom is 0.329 e. The smallest absolute Gasteiger partial charge is 0.329 e. The Kier molecular flexibility index (Phi) is 5.26. The molecule has 2 rings (SSSR count). The van der Waals surface area contributed by atoms with Crippen molar-refractivity contribution >= 4 is 39.6 Å². The molecule has 0 aliphatic rings. The minimum absolute atomic E-state index is 0.0276. The highest BCUT2D eigenvalue weighted by atomic mass is 79.9. The summed E-state index contributed by atoms with van der Waals surface area (Å²) in [6.07, 6.45) is 1.25. The van der Waals surface area contributed by atoms with Crippen LogP contribution in [0.5, 0.6) is 5.75 Å². The van der Waals surface area contributed by atoms with Crippen LogP contribution in [-0.4, -0.2) is 23.1 Å². The molecule has 0 aliphatic heterocycles. The molecule has 0 aliphatic carbocycles. The number of halogens is 1. The first-order chi connectivity index (χ1) is 10.6. The third kappa shape index (κ3) is 4.42. The van der Waals surface area contributed by atoms with Crippen molar-refractivity contribution in [1.82, 2.24) is 5.43 Å². The van der Waals surface area contributed by atoms with E-state index in [1.165, 1.54) is 12.3 Å². The lowest BCUT2D eigenvalue weighted by Gasteiger charge is -2.03. The van der Waals surface area contributed by atoms with Crippen LogP contribution in [0.2, 0.25) is 0 Å². The molecule has 2 aromatic carbocycles. The van der Waals surface area contributed by atoms with Crippen LogP contribution in [-0.2, 0) is 9.59 Å². The van der Waals surface area contributed by atoms with Crippen molar-refractivity contribution in [2.45, 2.75) is 0 Å². The van der Waals surface area contributed by atoms with Gasteiger partial charge in [0.1, 0.15) is 5.75 Å². The molecule has 0 saturated carbocycles. The van der Waals surface area contributed by atoms with Gasteiger partial charge in [0.05, 0.1) is 6.21 Å². The fourth-order valence-corrected chi connectivity index (χ4v) is 1.79. The van der Waals surface area contributed by atoms with Crippen LogP contribution in [0, 0.1) is 0 Å². The van der Waals surface area contributed by atoms with Gasteiger partial charge in [-0.3, -0.25) is 9.59 Å². The number of phenolic OH excluding ortho intramolecular Hbond substituents is 1. The highest BCUT2D eigenvalue weighted by Crippen LogP contribution is 2.14. The molecule has 0 radical (unpaired) electrons. The third-order valence-electron chi connectivity index (χ3n) is 2.61. The number of aromatic hydroxyl groups is 1. The molecule has 2 amide bonds. The molecule has 0 saturated heterocycles. The van der Waals surface area contributed by atoms with E-state index in [1.54, 1.807) is 42.5 Å². The molecular weight excluding hydrogens is 350 g/mol. The summed E-state index contributed by atoms with van der Waals surface area (Å²) in [4.78, 5) is 23.2. The Morgan fingerprint density at radius 1 is 1.05 bits per heavy atom. The summed E-state index contributed by atoms with van der Waals surface area (Å²) in [6.45, 7) is 0. The molecule has 6 nitrogen and oxygen atoms in total. The molecular formula is C15H12BrN3O3. The van der Waals surface area contributed by atoms with Crippen LogP contribution in [0.4, 0.5) is 5.69 Å². The zero-order valence-electron chi connectivity index (χ0n) is 11.3. The number of carbonyl (C=O) groups is 2. The average Bonchev–Trinajstić information content (AvgIpc) is 2.51. The van der Waals surface area contributed by atoms with E-state index < -0.39 is 11.8 Å².